The number of nitrogens with zero attached hydrogens (tertiary/aromatic N) is 2. The molecular formula is C74H82N2O4. The van der Waals surface area contributed by atoms with Gasteiger partial charge in [-0.05, 0) is 141 Å². The van der Waals surface area contributed by atoms with Crippen LogP contribution in [0.25, 0.3) is 0 Å². The molecule has 1 saturated carbocycles. The predicted octanol–water partition coefficient (Wildman–Crippen LogP) is 17.7. The van der Waals surface area contributed by atoms with Gasteiger partial charge >= 0.3 is 11.9 Å². The second kappa shape index (κ2) is 17.2. The van der Waals surface area contributed by atoms with Gasteiger partial charge in [0.2, 0.25) is 0 Å². The lowest BCUT2D eigenvalue weighted by atomic mass is 9.56. The zero-order chi connectivity index (χ0) is 56.8. The molecule has 0 saturated heterocycles. The van der Waals surface area contributed by atoms with Gasteiger partial charge in [-0.1, -0.05) is 199 Å². The van der Waals surface area contributed by atoms with Gasteiger partial charge in [0.25, 0.3) is 0 Å². The average molecular weight is 1060 g/mol. The molecule has 0 atom stereocenters. The number of carbonyl (C=O) groups is 2. The van der Waals surface area contributed by atoms with Crippen LogP contribution >= 0.6 is 0 Å². The van der Waals surface area contributed by atoms with Crippen LogP contribution in [0.2, 0.25) is 0 Å². The summed E-state index contributed by atoms with van der Waals surface area (Å²) in [4.78, 5) is 29.7. The Hall–Kier alpha value is -6.66. The molecule has 6 heteroatoms. The lowest BCUT2D eigenvalue weighted by Gasteiger charge is -2.56. The molecule has 412 valence electrons. The van der Waals surface area contributed by atoms with Crippen molar-refractivity contribution in [1.29, 1.82) is 0 Å². The largest absolute Gasteiger partial charge is 0.463 e. The standard InChI is InChI=1S/C74H82N2O4/c1-17-60(77)79-28-22-24-44-34-52-64-54(36-44)72(13,14)58-40-46(38-56-66(58)75(64)62-48(68(52,5)6)30-42(3)32-50(62)70(56,9)10)74(26-20-19-21-27-74)47-39-57-67-59(41-47)73(15,16)55-37-45(25-23-29-80-61(78)18-2)35-53-65(55)76(67)63-49(69(53,7)8)31-43(4)33-51(63)71(57,11)12/h17-18,30-41H,1-2,19-29H2,3-16H3. The molecule has 1 fully saturated rings. The van der Waals surface area contributed by atoms with Gasteiger partial charge in [-0.2, -0.15) is 0 Å². The molecular weight excluding hydrogens is 981 g/mol. The molecule has 6 aromatic carbocycles. The molecule has 6 heterocycles. The summed E-state index contributed by atoms with van der Waals surface area (Å²) in [7, 11) is 0. The van der Waals surface area contributed by atoms with E-state index >= 15 is 0 Å². The summed E-state index contributed by atoms with van der Waals surface area (Å²) in [5.41, 5.74) is 31.1. The van der Waals surface area contributed by atoms with Gasteiger partial charge in [-0.3, -0.25) is 0 Å². The lowest BCUT2D eigenvalue weighted by Crippen LogP contribution is -2.45. The van der Waals surface area contributed by atoms with Crippen LogP contribution < -0.4 is 9.80 Å². The number of benzene rings is 6. The molecule has 0 amide bonds. The number of hydrogen-bond acceptors (Lipinski definition) is 6. The highest BCUT2D eigenvalue weighted by Gasteiger charge is 2.56. The van der Waals surface area contributed by atoms with Crippen molar-refractivity contribution in [2.24, 2.45) is 0 Å². The van der Waals surface area contributed by atoms with Crippen molar-refractivity contribution < 1.29 is 19.1 Å². The van der Waals surface area contributed by atoms with E-state index in [4.69, 9.17) is 9.47 Å². The molecule has 6 aliphatic heterocycles. The Labute approximate surface area is 476 Å². The van der Waals surface area contributed by atoms with Crippen LogP contribution in [0, 0.1) is 13.8 Å². The second-order valence-electron chi connectivity index (χ2n) is 28.4. The third-order valence-electron chi connectivity index (χ3n) is 21.3. The fourth-order valence-corrected chi connectivity index (χ4v) is 16.7. The van der Waals surface area contributed by atoms with Crippen LogP contribution in [0.1, 0.15) is 228 Å². The van der Waals surface area contributed by atoms with Crippen molar-refractivity contribution >= 4 is 46.1 Å². The van der Waals surface area contributed by atoms with Gasteiger partial charge in [0.15, 0.2) is 0 Å². The van der Waals surface area contributed by atoms with E-state index in [0.717, 1.165) is 38.5 Å². The number of ether oxygens (including phenoxy) is 2. The molecule has 0 N–H and O–H groups in total. The summed E-state index contributed by atoms with van der Waals surface area (Å²) in [6.45, 7) is 42.3. The summed E-state index contributed by atoms with van der Waals surface area (Å²) in [6.07, 6.45) is 11.4. The van der Waals surface area contributed by atoms with E-state index in [0.29, 0.717) is 13.2 Å². The lowest BCUT2D eigenvalue weighted by molar-refractivity contribution is -0.138. The van der Waals surface area contributed by atoms with Crippen molar-refractivity contribution in [2.75, 3.05) is 23.0 Å². The number of rotatable bonds is 12. The smallest absolute Gasteiger partial charge is 0.330 e. The monoisotopic (exact) mass is 1060 g/mol. The molecule has 0 aromatic heterocycles. The molecule has 0 radical (unpaired) electrons. The second-order valence-corrected chi connectivity index (χ2v) is 28.4. The van der Waals surface area contributed by atoms with Gasteiger partial charge < -0.3 is 19.3 Å². The number of anilines is 6. The number of carbonyl (C=O) groups excluding carboxylic acids is 2. The maximum atomic E-state index is 12.1. The minimum absolute atomic E-state index is 0.246. The fourth-order valence-electron chi connectivity index (χ4n) is 16.7. The Balaban J connectivity index is 1.04. The van der Waals surface area contributed by atoms with Crippen LogP contribution in [-0.2, 0) is 69.8 Å². The van der Waals surface area contributed by atoms with Crippen LogP contribution in [-0.4, -0.2) is 25.2 Å². The molecule has 0 spiro atoms. The van der Waals surface area contributed by atoms with Crippen LogP contribution in [0.4, 0.5) is 34.1 Å². The van der Waals surface area contributed by atoms with Crippen molar-refractivity contribution in [3.63, 3.8) is 0 Å². The van der Waals surface area contributed by atoms with E-state index in [1.165, 1.54) is 166 Å². The van der Waals surface area contributed by atoms with Gasteiger partial charge in [-0.25, -0.2) is 9.59 Å². The summed E-state index contributed by atoms with van der Waals surface area (Å²) in [5.74, 6) is -0.738. The molecule has 13 rings (SSSR count). The van der Waals surface area contributed by atoms with Crippen molar-refractivity contribution in [3.8, 4) is 0 Å². The van der Waals surface area contributed by atoms with Crippen LogP contribution in [0.3, 0.4) is 0 Å². The summed E-state index contributed by atoms with van der Waals surface area (Å²) in [5, 5.41) is 0. The zero-order valence-electron chi connectivity index (χ0n) is 50.3. The Kier molecular flexibility index (Phi) is 11.3. The normalized spacial score (nSPS) is 19.8. The van der Waals surface area contributed by atoms with Crippen LogP contribution in [0.15, 0.2) is 98.1 Å². The number of hydrogen-bond donors (Lipinski definition) is 0. The maximum Gasteiger partial charge on any atom is 0.330 e. The first-order valence-corrected chi connectivity index (χ1v) is 30.0. The molecule has 7 aliphatic rings. The maximum absolute atomic E-state index is 12.1. The quantitative estimate of drug-likeness (QED) is 0.0691. The minimum atomic E-state index is -0.369. The summed E-state index contributed by atoms with van der Waals surface area (Å²) in [6, 6.07) is 30.8. The number of aryl methyl sites for hydroxylation is 4. The highest BCUT2D eigenvalue weighted by atomic mass is 16.5. The molecule has 0 unspecified atom stereocenters. The molecule has 6 aromatic rings. The highest BCUT2D eigenvalue weighted by Crippen LogP contribution is 2.70. The Morgan fingerprint density at radius 1 is 0.412 bits per heavy atom. The van der Waals surface area contributed by atoms with E-state index in [1.807, 2.05) is 0 Å². The third-order valence-corrected chi connectivity index (χ3v) is 21.3. The fraction of sp³-hybridized carbons (Fsp3) is 0.432. The third kappa shape index (κ3) is 6.95. The SMILES string of the molecule is C=CC(=O)OCCCc1cc2c3c(c1)C(C)(C)c1cc(C4(c5cc6c7c(c5)C(C)(C)c5cc(CCCOC(=O)C=C)cc8c5N7c5c(cc(C)cc5C6(C)C)C8(C)C)CCCCC4)cc4c1N3c1c(cc(C)cc1C4(C)C)C2(C)C. The van der Waals surface area contributed by atoms with Gasteiger partial charge in [0.1, 0.15) is 0 Å². The average Bonchev–Trinajstić information content (AvgIpc) is 3.51. The first kappa shape index (κ1) is 52.7. The zero-order valence-corrected chi connectivity index (χ0v) is 50.3. The van der Waals surface area contributed by atoms with Crippen molar-refractivity contribution in [1.82, 2.24) is 0 Å². The van der Waals surface area contributed by atoms with Gasteiger partial charge in [-0.15, -0.1) is 0 Å². The Bertz CT molecular complexity index is 3530. The first-order chi connectivity index (χ1) is 37.7. The van der Waals surface area contributed by atoms with Gasteiger partial charge in [0, 0.05) is 50.1 Å². The minimum Gasteiger partial charge on any atom is -0.463 e. The first-order valence-electron chi connectivity index (χ1n) is 30.0. The van der Waals surface area contributed by atoms with Crippen molar-refractivity contribution in [3.05, 3.63) is 198 Å². The van der Waals surface area contributed by atoms with E-state index in [-0.39, 0.29) is 49.8 Å². The van der Waals surface area contributed by atoms with E-state index in [9.17, 15) is 9.59 Å². The van der Waals surface area contributed by atoms with Crippen molar-refractivity contribution in [2.45, 2.75) is 193 Å². The van der Waals surface area contributed by atoms with Gasteiger partial charge in [0.05, 0.1) is 47.3 Å². The molecule has 6 nitrogen and oxygen atoms in total. The van der Waals surface area contributed by atoms with E-state index < -0.39 is 0 Å². The summed E-state index contributed by atoms with van der Waals surface area (Å²) < 4.78 is 11.1. The topological polar surface area (TPSA) is 59.1 Å². The number of esters is 2. The Morgan fingerprint density at radius 3 is 0.925 bits per heavy atom. The Morgan fingerprint density at radius 2 is 0.662 bits per heavy atom. The molecule has 0 bridgehead atoms. The summed E-state index contributed by atoms with van der Waals surface area (Å²) >= 11 is 0. The van der Waals surface area contributed by atoms with E-state index in [1.54, 1.807) is 0 Å². The highest BCUT2D eigenvalue weighted by molar-refractivity contribution is 6.01. The predicted molar refractivity (Wildman–Crippen MR) is 327 cm³/mol. The van der Waals surface area contributed by atoms with E-state index in [2.05, 4.69) is 193 Å². The molecule has 1 aliphatic carbocycles. The molecule has 80 heavy (non-hydrogen) atoms. The van der Waals surface area contributed by atoms with Crippen LogP contribution in [0.5, 0.6) is 0 Å².